The summed E-state index contributed by atoms with van der Waals surface area (Å²) in [5, 5.41) is 8.60. The number of alkyl halides is 6. The summed E-state index contributed by atoms with van der Waals surface area (Å²) in [7, 11) is 0. The maximum absolute atomic E-state index is 13.2. The lowest BCUT2D eigenvalue weighted by Crippen LogP contribution is -2.17. The van der Waals surface area contributed by atoms with E-state index in [0.717, 1.165) is 54.6 Å². The molecule has 2 rings (SSSR count). The second kappa shape index (κ2) is 7.11. The average Bonchev–Trinajstić information content (AvgIpc) is 2.51. The molecule has 0 bridgehead atoms. The number of carboxylic acid groups (broad SMARTS) is 1. The van der Waals surface area contributed by atoms with Gasteiger partial charge < -0.3 is 9.84 Å². The van der Waals surface area contributed by atoms with Crippen LogP contribution in [0, 0.1) is 0 Å². The van der Waals surface area contributed by atoms with Gasteiger partial charge >= 0.3 is 18.5 Å². The summed E-state index contributed by atoms with van der Waals surface area (Å²) < 4.78 is 79.8. The molecule has 0 saturated heterocycles. The summed E-state index contributed by atoms with van der Waals surface area (Å²) in [6.45, 7) is 0. The van der Waals surface area contributed by atoms with E-state index >= 15 is 0 Å². The lowest BCUT2D eigenvalue weighted by molar-refractivity contribution is -0.274. The van der Waals surface area contributed by atoms with E-state index in [1.807, 2.05) is 0 Å². The van der Waals surface area contributed by atoms with E-state index in [-0.39, 0.29) is 16.7 Å². The van der Waals surface area contributed by atoms with Crippen molar-refractivity contribution in [3.05, 3.63) is 59.7 Å². The second-order valence-electron chi connectivity index (χ2n) is 5.05. The molecular formula is C17H10F6O3. The van der Waals surface area contributed by atoms with Crippen molar-refractivity contribution in [3.63, 3.8) is 0 Å². The van der Waals surface area contributed by atoms with Crippen LogP contribution in [0.15, 0.2) is 48.5 Å². The highest BCUT2D eigenvalue weighted by Gasteiger charge is 2.34. The molecule has 1 N–H and O–H groups in total. The van der Waals surface area contributed by atoms with Crippen molar-refractivity contribution < 1.29 is 41.0 Å². The van der Waals surface area contributed by atoms with Crippen LogP contribution in [0.1, 0.15) is 11.1 Å². The van der Waals surface area contributed by atoms with E-state index in [0.29, 0.717) is 0 Å². The monoisotopic (exact) mass is 376 g/mol. The van der Waals surface area contributed by atoms with Crippen molar-refractivity contribution in [1.29, 1.82) is 0 Å². The zero-order valence-electron chi connectivity index (χ0n) is 12.7. The number of carboxylic acids is 1. The van der Waals surface area contributed by atoms with Crippen molar-refractivity contribution >= 4 is 12.0 Å². The van der Waals surface area contributed by atoms with Crippen LogP contribution in [0.5, 0.6) is 5.75 Å². The average molecular weight is 376 g/mol. The molecule has 0 fully saturated rings. The molecule has 3 nitrogen and oxygen atoms in total. The fraction of sp³-hybridized carbons (Fsp3) is 0.118. The Morgan fingerprint density at radius 3 is 2.08 bits per heavy atom. The first kappa shape index (κ1) is 19.4. The molecule has 0 aliphatic rings. The van der Waals surface area contributed by atoms with Gasteiger partial charge in [-0.3, -0.25) is 0 Å². The standard InChI is InChI=1S/C17H10F6O3/c18-16(19,20)14-7-1-10(2-8-15(24)25)9-13(14)11-3-5-12(6-4-11)26-17(21,22)23/h1-9H,(H,24,25)/b8-2+. The molecule has 0 spiro atoms. The van der Waals surface area contributed by atoms with Crippen molar-refractivity contribution in [2.45, 2.75) is 12.5 Å². The minimum atomic E-state index is -4.92. The minimum Gasteiger partial charge on any atom is -0.478 e. The van der Waals surface area contributed by atoms with E-state index in [4.69, 9.17) is 5.11 Å². The number of aliphatic carboxylic acids is 1. The number of ether oxygens (including phenoxy) is 1. The lowest BCUT2D eigenvalue weighted by Gasteiger charge is -2.15. The molecule has 0 saturated carbocycles. The van der Waals surface area contributed by atoms with Crippen LogP contribution in [-0.4, -0.2) is 17.4 Å². The highest BCUT2D eigenvalue weighted by Crippen LogP contribution is 2.38. The molecule has 0 aromatic heterocycles. The van der Waals surface area contributed by atoms with Crippen LogP contribution in [0.3, 0.4) is 0 Å². The van der Waals surface area contributed by atoms with E-state index in [9.17, 15) is 31.1 Å². The number of hydrogen-bond donors (Lipinski definition) is 1. The molecule has 0 atom stereocenters. The van der Waals surface area contributed by atoms with Gasteiger partial charge in [0.2, 0.25) is 0 Å². The topological polar surface area (TPSA) is 46.5 Å². The Morgan fingerprint density at radius 1 is 0.962 bits per heavy atom. The first-order valence-electron chi connectivity index (χ1n) is 6.94. The summed E-state index contributed by atoms with van der Waals surface area (Å²) >= 11 is 0. The Morgan fingerprint density at radius 2 is 1.58 bits per heavy atom. The Hall–Kier alpha value is -2.97. The number of carbonyl (C=O) groups is 1. The summed E-state index contributed by atoms with van der Waals surface area (Å²) in [6, 6.07) is 6.85. The van der Waals surface area contributed by atoms with Gasteiger partial charge in [0.1, 0.15) is 5.75 Å². The van der Waals surface area contributed by atoms with Gasteiger partial charge in [-0.2, -0.15) is 13.2 Å². The smallest absolute Gasteiger partial charge is 0.478 e. The van der Waals surface area contributed by atoms with Crippen molar-refractivity contribution in [2.75, 3.05) is 0 Å². The summed E-state index contributed by atoms with van der Waals surface area (Å²) in [5.41, 5.74) is -1.12. The molecule has 0 unspecified atom stereocenters. The first-order chi connectivity index (χ1) is 12.0. The van der Waals surface area contributed by atoms with Crippen LogP contribution in [0.4, 0.5) is 26.3 Å². The molecule has 0 radical (unpaired) electrons. The SMILES string of the molecule is O=C(O)/C=C/c1ccc(C(F)(F)F)c(-c2ccc(OC(F)(F)F)cc2)c1. The molecule has 138 valence electrons. The van der Waals surface area contributed by atoms with E-state index in [1.165, 1.54) is 0 Å². The van der Waals surface area contributed by atoms with Gasteiger partial charge in [-0.25, -0.2) is 4.79 Å². The third-order valence-electron chi connectivity index (χ3n) is 3.17. The van der Waals surface area contributed by atoms with E-state index in [2.05, 4.69) is 4.74 Å². The lowest BCUT2D eigenvalue weighted by atomic mass is 9.96. The van der Waals surface area contributed by atoms with Crippen LogP contribution < -0.4 is 4.74 Å². The van der Waals surface area contributed by atoms with E-state index in [1.54, 1.807) is 0 Å². The maximum Gasteiger partial charge on any atom is 0.573 e. The van der Waals surface area contributed by atoms with Crippen molar-refractivity contribution in [2.24, 2.45) is 0 Å². The fourth-order valence-corrected chi connectivity index (χ4v) is 2.16. The third kappa shape index (κ3) is 5.27. The Labute approximate surface area is 143 Å². The summed E-state index contributed by atoms with van der Waals surface area (Å²) in [5.74, 6) is -1.85. The van der Waals surface area contributed by atoms with Gasteiger partial charge in [0.15, 0.2) is 0 Å². The van der Waals surface area contributed by atoms with Crippen LogP contribution in [0.25, 0.3) is 17.2 Å². The molecule has 2 aromatic rings. The van der Waals surface area contributed by atoms with Gasteiger partial charge in [0, 0.05) is 6.08 Å². The van der Waals surface area contributed by atoms with Crippen LogP contribution in [0.2, 0.25) is 0 Å². The molecule has 9 heteroatoms. The molecule has 2 aromatic carbocycles. The maximum atomic E-state index is 13.2. The molecule has 0 aliphatic carbocycles. The largest absolute Gasteiger partial charge is 0.573 e. The quantitative estimate of drug-likeness (QED) is 0.577. The molecule has 0 heterocycles. The number of benzene rings is 2. The molecule has 26 heavy (non-hydrogen) atoms. The normalized spacial score (nSPS) is 12.4. The van der Waals surface area contributed by atoms with Gasteiger partial charge in [0.25, 0.3) is 0 Å². The van der Waals surface area contributed by atoms with Crippen LogP contribution >= 0.6 is 0 Å². The first-order valence-corrected chi connectivity index (χ1v) is 6.94. The van der Waals surface area contributed by atoms with Gasteiger partial charge in [-0.15, -0.1) is 13.2 Å². The molecular weight excluding hydrogens is 366 g/mol. The predicted molar refractivity (Wildman–Crippen MR) is 80.2 cm³/mol. The molecule has 0 amide bonds. The number of halogens is 6. The highest BCUT2D eigenvalue weighted by molar-refractivity contribution is 5.86. The fourth-order valence-electron chi connectivity index (χ4n) is 2.16. The third-order valence-corrected chi connectivity index (χ3v) is 3.17. The van der Waals surface area contributed by atoms with Gasteiger partial charge in [0.05, 0.1) is 5.56 Å². The minimum absolute atomic E-state index is 0.00238. The van der Waals surface area contributed by atoms with Crippen molar-refractivity contribution in [1.82, 2.24) is 0 Å². The zero-order chi connectivity index (χ0) is 19.5. The Bertz CT molecular complexity index is 820. The van der Waals surface area contributed by atoms with Crippen LogP contribution in [-0.2, 0) is 11.0 Å². The second-order valence-corrected chi connectivity index (χ2v) is 5.05. The molecule has 0 aliphatic heterocycles. The number of rotatable bonds is 4. The summed E-state index contributed by atoms with van der Waals surface area (Å²) in [6.07, 6.45) is -7.76. The predicted octanol–water partition coefficient (Wildman–Crippen LogP) is 5.37. The zero-order valence-corrected chi connectivity index (χ0v) is 12.7. The van der Waals surface area contributed by atoms with Crippen molar-refractivity contribution in [3.8, 4) is 16.9 Å². The Balaban J connectivity index is 2.47. The highest BCUT2D eigenvalue weighted by atomic mass is 19.4. The van der Waals surface area contributed by atoms with Gasteiger partial charge in [-0.05, 0) is 47.0 Å². The van der Waals surface area contributed by atoms with Gasteiger partial charge in [-0.1, -0.05) is 18.2 Å². The summed E-state index contributed by atoms with van der Waals surface area (Å²) in [4.78, 5) is 10.5. The van der Waals surface area contributed by atoms with E-state index < -0.39 is 29.8 Å². The number of hydrogen-bond acceptors (Lipinski definition) is 2. The Kier molecular flexibility index (Phi) is 5.29.